The fourth-order valence-electron chi connectivity index (χ4n) is 3.63. The first-order chi connectivity index (χ1) is 15.1. The molecule has 3 aromatic carbocycles. The second kappa shape index (κ2) is 9.49. The maximum Gasteiger partial charge on any atom is 0.319 e. The van der Waals surface area contributed by atoms with Gasteiger partial charge in [0.2, 0.25) is 0 Å². The number of hydrogen-bond donors (Lipinski definition) is 2. The first-order valence-electron chi connectivity index (χ1n) is 9.84. The molecule has 0 aromatic heterocycles. The third-order valence-corrected chi connectivity index (χ3v) is 6.71. The number of benzene rings is 3. The first-order valence-corrected chi connectivity index (χ1v) is 12.3. The van der Waals surface area contributed by atoms with Crippen molar-refractivity contribution in [1.82, 2.24) is 5.32 Å². The van der Waals surface area contributed by atoms with Crippen molar-refractivity contribution < 1.29 is 9.59 Å². The molecule has 1 aliphatic heterocycles. The molecule has 0 spiro atoms. The number of hydrogen-bond acceptors (Lipinski definition) is 4. The van der Waals surface area contributed by atoms with Crippen molar-refractivity contribution >= 4 is 46.8 Å². The SMILES string of the molecule is CSc1ccc(C2C(NC(=O)Nc3ccccc3)C(=O)N2c2ccc(SC)cc2)cc1. The van der Waals surface area contributed by atoms with Crippen molar-refractivity contribution in [2.75, 3.05) is 22.7 Å². The number of carbonyl (C=O) groups is 2. The molecule has 31 heavy (non-hydrogen) atoms. The van der Waals surface area contributed by atoms with E-state index in [-0.39, 0.29) is 11.9 Å². The summed E-state index contributed by atoms with van der Waals surface area (Å²) in [6, 6.07) is 23.9. The lowest BCUT2D eigenvalue weighted by Gasteiger charge is -2.47. The number of carbonyl (C=O) groups excluding carboxylic acids is 2. The second-order valence-electron chi connectivity index (χ2n) is 7.07. The van der Waals surface area contributed by atoms with Crippen LogP contribution in [0.2, 0.25) is 0 Å². The predicted octanol–water partition coefficient (Wildman–Crippen LogP) is 5.41. The van der Waals surface area contributed by atoms with E-state index in [2.05, 4.69) is 10.6 Å². The van der Waals surface area contributed by atoms with E-state index in [9.17, 15) is 9.59 Å². The summed E-state index contributed by atoms with van der Waals surface area (Å²) in [5, 5.41) is 5.66. The van der Waals surface area contributed by atoms with Gasteiger partial charge in [0.05, 0.1) is 6.04 Å². The second-order valence-corrected chi connectivity index (χ2v) is 8.83. The van der Waals surface area contributed by atoms with Crippen molar-refractivity contribution in [3.63, 3.8) is 0 Å². The van der Waals surface area contributed by atoms with Gasteiger partial charge in [-0.15, -0.1) is 23.5 Å². The van der Waals surface area contributed by atoms with Crippen LogP contribution in [0.5, 0.6) is 0 Å². The Morgan fingerprint density at radius 1 is 0.839 bits per heavy atom. The lowest BCUT2D eigenvalue weighted by atomic mass is 9.87. The molecule has 3 amide bonds. The topological polar surface area (TPSA) is 61.4 Å². The lowest BCUT2D eigenvalue weighted by molar-refractivity contribution is -0.127. The standard InChI is InChI=1S/C24H23N3O2S2/c1-30-19-12-8-16(9-13-19)22-21(26-24(29)25-17-6-4-3-5-7-17)23(28)27(22)18-10-14-20(31-2)15-11-18/h3-15,21-22H,1-2H3,(H2,25,26,29). The minimum absolute atomic E-state index is 0.126. The van der Waals surface area contributed by atoms with E-state index in [1.165, 1.54) is 0 Å². The monoisotopic (exact) mass is 449 g/mol. The van der Waals surface area contributed by atoms with Gasteiger partial charge < -0.3 is 15.5 Å². The molecule has 3 aromatic rings. The Kier molecular flexibility index (Phi) is 6.53. The Morgan fingerprint density at radius 3 is 2.00 bits per heavy atom. The number of nitrogens with zero attached hydrogens (tertiary/aromatic N) is 1. The van der Waals surface area contributed by atoms with Crippen LogP contribution in [0.4, 0.5) is 16.2 Å². The van der Waals surface area contributed by atoms with E-state index in [1.54, 1.807) is 40.6 Å². The highest BCUT2D eigenvalue weighted by Gasteiger charge is 2.49. The van der Waals surface area contributed by atoms with Gasteiger partial charge in [0.1, 0.15) is 6.04 Å². The molecule has 2 atom stereocenters. The summed E-state index contributed by atoms with van der Waals surface area (Å²) in [7, 11) is 0. The molecule has 5 nitrogen and oxygen atoms in total. The van der Waals surface area contributed by atoms with Crippen LogP contribution < -0.4 is 15.5 Å². The van der Waals surface area contributed by atoms with Gasteiger partial charge in [-0.1, -0.05) is 30.3 Å². The lowest BCUT2D eigenvalue weighted by Crippen LogP contribution is -2.66. The Balaban J connectivity index is 1.58. The van der Waals surface area contributed by atoms with Crippen LogP contribution in [-0.4, -0.2) is 30.5 Å². The molecule has 0 aliphatic carbocycles. The third-order valence-electron chi connectivity index (χ3n) is 5.22. The highest BCUT2D eigenvalue weighted by Crippen LogP contribution is 2.40. The van der Waals surface area contributed by atoms with Gasteiger partial charge in [0.15, 0.2) is 0 Å². The molecule has 4 rings (SSSR count). The quantitative estimate of drug-likeness (QED) is 0.390. The number of para-hydroxylation sites is 1. The van der Waals surface area contributed by atoms with Crippen LogP contribution in [0, 0.1) is 0 Å². The molecule has 0 bridgehead atoms. The molecule has 2 unspecified atom stereocenters. The summed E-state index contributed by atoms with van der Waals surface area (Å²) in [6.07, 6.45) is 4.05. The number of anilines is 2. The van der Waals surface area contributed by atoms with Crippen LogP contribution in [-0.2, 0) is 4.79 Å². The molecule has 1 aliphatic rings. The fourth-order valence-corrected chi connectivity index (χ4v) is 4.45. The van der Waals surface area contributed by atoms with Crippen molar-refractivity contribution in [3.8, 4) is 0 Å². The number of rotatable bonds is 6. The Hall–Kier alpha value is -2.90. The zero-order chi connectivity index (χ0) is 21.8. The molecule has 0 radical (unpaired) electrons. The molecular formula is C24H23N3O2S2. The van der Waals surface area contributed by atoms with E-state index >= 15 is 0 Å². The molecule has 1 fully saturated rings. The van der Waals surface area contributed by atoms with Crippen molar-refractivity contribution in [2.24, 2.45) is 0 Å². The van der Waals surface area contributed by atoms with Gasteiger partial charge >= 0.3 is 6.03 Å². The average molecular weight is 450 g/mol. The van der Waals surface area contributed by atoms with Crippen LogP contribution in [0.25, 0.3) is 0 Å². The van der Waals surface area contributed by atoms with Crippen molar-refractivity contribution in [1.29, 1.82) is 0 Å². The minimum Gasteiger partial charge on any atom is -0.324 e. The van der Waals surface area contributed by atoms with Gasteiger partial charge in [-0.25, -0.2) is 4.79 Å². The van der Waals surface area contributed by atoms with Crippen LogP contribution in [0.3, 0.4) is 0 Å². The zero-order valence-electron chi connectivity index (χ0n) is 17.2. The smallest absolute Gasteiger partial charge is 0.319 e. The summed E-state index contributed by atoms with van der Waals surface area (Å²) in [4.78, 5) is 29.7. The third kappa shape index (κ3) is 4.57. The van der Waals surface area contributed by atoms with E-state index in [0.29, 0.717) is 5.69 Å². The Labute approximate surface area is 190 Å². The van der Waals surface area contributed by atoms with Gasteiger partial charge in [-0.05, 0) is 66.6 Å². The van der Waals surface area contributed by atoms with Crippen LogP contribution in [0.15, 0.2) is 88.7 Å². The maximum absolute atomic E-state index is 13.1. The van der Waals surface area contributed by atoms with E-state index in [4.69, 9.17) is 0 Å². The summed E-state index contributed by atoms with van der Waals surface area (Å²) in [6.45, 7) is 0. The van der Waals surface area contributed by atoms with Gasteiger partial charge in [0, 0.05) is 21.2 Å². The van der Waals surface area contributed by atoms with Crippen LogP contribution in [0.1, 0.15) is 11.6 Å². The number of thioether (sulfide) groups is 2. The molecule has 1 saturated heterocycles. The highest BCUT2D eigenvalue weighted by molar-refractivity contribution is 7.98. The van der Waals surface area contributed by atoms with Gasteiger partial charge in [-0.3, -0.25) is 4.79 Å². The molecule has 2 N–H and O–H groups in total. The number of β-lactam (4-membered cyclic amide) rings is 1. The molecule has 1 heterocycles. The number of amides is 3. The zero-order valence-corrected chi connectivity index (χ0v) is 18.9. The first kappa shape index (κ1) is 21.3. The Bertz CT molecular complexity index is 1060. The van der Waals surface area contributed by atoms with E-state index in [0.717, 1.165) is 21.0 Å². The van der Waals surface area contributed by atoms with Gasteiger partial charge in [0.25, 0.3) is 5.91 Å². The maximum atomic E-state index is 13.1. The summed E-state index contributed by atoms with van der Waals surface area (Å²) < 4.78 is 0. The summed E-state index contributed by atoms with van der Waals surface area (Å²) in [5.74, 6) is -0.126. The number of urea groups is 1. The molecule has 0 saturated carbocycles. The predicted molar refractivity (Wildman–Crippen MR) is 129 cm³/mol. The number of nitrogens with one attached hydrogen (secondary N) is 2. The molecule has 7 heteroatoms. The Morgan fingerprint density at radius 2 is 1.42 bits per heavy atom. The largest absolute Gasteiger partial charge is 0.324 e. The van der Waals surface area contributed by atoms with E-state index < -0.39 is 12.1 Å². The van der Waals surface area contributed by atoms with Crippen molar-refractivity contribution in [3.05, 3.63) is 84.4 Å². The fraction of sp³-hybridized carbons (Fsp3) is 0.167. The van der Waals surface area contributed by atoms with Gasteiger partial charge in [-0.2, -0.15) is 0 Å². The highest BCUT2D eigenvalue weighted by atomic mass is 32.2. The molecular weight excluding hydrogens is 426 g/mol. The normalized spacial score (nSPS) is 17.7. The van der Waals surface area contributed by atoms with E-state index in [1.807, 2.05) is 79.2 Å². The summed E-state index contributed by atoms with van der Waals surface area (Å²) >= 11 is 3.32. The summed E-state index contributed by atoms with van der Waals surface area (Å²) in [5.41, 5.74) is 2.48. The molecule has 158 valence electrons. The minimum atomic E-state index is -0.635. The van der Waals surface area contributed by atoms with Crippen molar-refractivity contribution in [2.45, 2.75) is 21.9 Å². The van der Waals surface area contributed by atoms with Crippen LogP contribution >= 0.6 is 23.5 Å². The average Bonchev–Trinajstić information content (AvgIpc) is 2.82.